The monoisotopic (exact) mass is 310 g/mol. The normalized spacial score (nSPS) is 15.5. The van der Waals surface area contributed by atoms with Gasteiger partial charge in [0.2, 0.25) is 5.91 Å². The van der Waals surface area contributed by atoms with Gasteiger partial charge in [0.25, 0.3) is 0 Å². The zero-order valence-electron chi connectivity index (χ0n) is 12.9. The molecule has 0 saturated carbocycles. The highest BCUT2D eigenvalue weighted by molar-refractivity contribution is 6.32. The molecule has 5 heteroatoms. The summed E-state index contributed by atoms with van der Waals surface area (Å²) in [5, 5.41) is 0.619. The zero-order chi connectivity index (χ0) is 15.4. The van der Waals surface area contributed by atoms with Crippen molar-refractivity contribution in [2.45, 2.75) is 20.3 Å². The van der Waals surface area contributed by atoms with Crippen molar-refractivity contribution in [1.82, 2.24) is 4.90 Å². The van der Waals surface area contributed by atoms with Crippen molar-refractivity contribution in [2.75, 3.05) is 38.2 Å². The average molecular weight is 311 g/mol. The van der Waals surface area contributed by atoms with Crippen LogP contribution in [-0.2, 0) is 4.79 Å². The van der Waals surface area contributed by atoms with Crippen molar-refractivity contribution in [3.05, 3.63) is 23.2 Å². The first kappa shape index (κ1) is 16.0. The van der Waals surface area contributed by atoms with Gasteiger partial charge in [-0.05, 0) is 24.1 Å². The summed E-state index contributed by atoms with van der Waals surface area (Å²) in [7, 11) is 1.61. The molecule has 1 aliphatic rings. The van der Waals surface area contributed by atoms with Crippen molar-refractivity contribution in [3.63, 3.8) is 0 Å². The molecule has 116 valence electrons. The van der Waals surface area contributed by atoms with E-state index in [9.17, 15) is 4.79 Å². The number of amides is 1. The lowest BCUT2D eigenvalue weighted by atomic mass is 10.1. The van der Waals surface area contributed by atoms with Crippen LogP contribution in [0.2, 0.25) is 5.02 Å². The summed E-state index contributed by atoms with van der Waals surface area (Å²) in [5.74, 6) is 1.36. The molecule has 0 spiro atoms. The van der Waals surface area contributed by atoms with Gasteiger partial charge < -0.3 is 14.5 Å². The fourth-order valence-corrected chi connectivity index (χ4v) is 2.80. The Morgan fingerprint density at radius 3 is 2.48 bits per heavy atom. The molecular formula is C16H23ClN2O2. The number of ether oxygens (including phenoxy) is 1. The Hall–Kier alpha value is -1.42. The van der Waals surface area contributed by atoms with Crippen molar-refractivity contribution in [2.24, 2.45) is 5.92 Å². The van der Waals surface area contributed by atoms with Crippen molar-refractivity contribution in [1.29, 1.82) is 0 Å². The Bertz CT molecular complexity index is 497. The minimum absolute atomic E-state index is 0.261. The maximum atomic E-state index is 12.1. The van der Waals surface area contributed by atoms with Gasteiger partial charge in [-0.15, -0.1) is 0 Å². The molecule has 0 aliphatic carbocycles. The van der Waals surface area contributed by atoms with E-state index in [0.29, 0.717) is 23.1 Å². The fraction of sp³-hybridized carbons (Fsp3) is 0.562. The molecule has 1 saturated heterocycles. The van der Waals surface area contributed by atoms with Crippen LogP contribution in [-0.4, -0.2) is 44.1 Å². The largest absolute Gasteiger partial charge is 0.495 e. The van der Waals surface area contributed by atoms with Gasteiger partial charge in [-0.2, -0.15) is 0 Å². The van der Waals surface area contributed by atoms with Crippen LogP contribution in [0.3, 0.4) is 0 Å². The van der Waals surface area contributed by atoms with Crippen LogP contribution in [0.4, 0.5) is 5.69 Å². The van der Waals surface area contributed by atoms with Crippen LogP contribution in [0.1, 0.15) is 20.3 Å². The highest BCUT2D eigenvalue weighted by atomic mass is 35.5. The molecule has 0 atom stereocenters. The predicted octanol–water partition coefficient (Wildman–Crippen LogP) is 3.04. The van der Waals surface area contributed by atoms with E-state index < -0.39 is 0 Å². The molecule has 0 bridgehead atoms. The summed E-state index contributed by atoms with van der Waals surface area (Å²) >= 11 is 6.17. The van der Waals surface area contributed by atoms with E-state index in [0.717, 1.165) is 31.9 Å². The van der Waals surface area contributed by atoms with E-state index in [1.807, 2.05) is 23.1 Å². The first-order valence-corrected chi connectivity index (χ1v) is 7.75. The number of carbonyl (C=O) groups is 1. The third-order valence-corrected chi connectivity index (χ3v) is 4.01. The molecule has 2 rings (SSSR count). The van der Waals surface area contributed by atoms with Gasteiger partial charge in [0.05, 0.1) is 12.1 Å². The summed E-state index contributed by atoms with van der Waals surface area (Å²) in [6.07, 6.45) is 0.633. The van der Waals surface area contributed by atoms with Crippen LogP contribution >= 0.6 is 11.6 Å². The lowest BCUT2D eigenvalue weighted by Crippen LogP contribution is -2.49. The number of carbonyl (C=O) groups excluding carboxylic acids is 1. The standard InChI is InChI=1S/C16H23ClN2O2/c1-12(2)10-16(20)19-8-6-18(7-9-19)13-4-5-15(21-3)14(17)11-13/h4-5,11-12H,6-10H2,1-3H3. The minimum Gasteiger partial charge on any atom is -0.495 e. The molecule has 0 N–H and O–H groups in total. The molecule has 1 aromatic carbocycles. The van der Waals surface area contributed by atoms with Crippen molar-refractivity contribution < 1.29 is 9.53 Å². The van der Waals surface area contributed by atoms with Gasteiger partial charge in [-0.25, -0.2) is 0 Å². The fourth-order valence-electron chi connectivity index (χ4n) is 2.54. The van der Waals surface area contributed by atoms with Gasteiger partial charge in [0.15, 0.2) is 0 Å². The summed E-state index contributed by atoms with van der Waals surface area (Å²) in [4.78, 5) is 16.3. The Morgan fingerprint density at radius 2 is 1.95 bits per heavy atom. The third kappa shape index (κ3) is 4.03. The van der Waals surface area contributed by atoms with E-state index >= 15 is 0 Å². The van der Waals surface area contributed by atoms with E-state index in [4.69, 9.17) is 16.3 Å². The molecule has 1 amide bonds. The van der Waals surface area contributed by atoms with Gasteiger partial charge in [-0.3, -0.25) is 4.79 Å². The second-order valence-corrected chi connectivity index (χ2v) is 6.19. The molecule has 0 radical (unpaired) electrons. The molecule has 0 unspecified atom stereocenters. The quantitative estimate of drug-likeness (QED) is 0.857. The molecule has 1 heterocycles. The molecule has 1 aliphatic heterocycles. The van der Waals surface area contributed by atoms with Crippen LogP contribution in [0.25, 0.3) is 0 Å². The maximum Gasteiger partial charge on any atom is 0.222 e. The first-order valence-electron chi connectivity index (χ1n) is 7.37. The smallest absolute Gasteiger partial charge is 0.222 e. The van der Waals surface area contributed by atoms with E-state index in [1.54, 1.807) is 7.11 Å². The van der Waals surface area contributed by atoms with Crippen LogP contribution in [0, 0.1) is 5.92 Å². The number of hydrogen-bond donors (Lipinski definition) is 0. The Labute approximate surface area is 131 Å². The molecular weight excluding hydrogens is 288 g/mol. The van der Waals surface area contributed by atoms with Gasteiger partial charge in [-0.1, -0.05) is 25.4 Å². The number of piperazine rings is 1. The van der Waals surface area contributed by atoms with Gasteiger partial charge in [0, 0.05) is 38.3 Å². The number of methoxy groups -OCH3 is 1. The first-order chi connectivity index (χ1) is 10.0. The average Bonchev–Trinajstić information content (AvgIpc) is 2.46. The topological polar surface area (TPSA) is 32.8 Å². The number of benzene rings is 1. The van der Waals surface area contributed by atoms with Crippen LogP contribution < -0.4 is 9.64 Å². The summed E-state index contributed by atoms with van der Waals surface area (Å²) in [6, 6.07) is 5.82. The second-order valence-electron chi connectivity index (χ2n) is 5.78. The van der Waals surface area contributed by atoms with Crippen molar-refractivity contribution in [3.8, 4) is 5.75 Å². The molecule has 4 nitrogen and oxygen atoms in total. The number of rotatable bonds is 4. The van der Waals surface area contributed by atoms with Gasteiger partial charge in [0.1, 0.15) is 5.75 Å². The summed E-state index contributed by atoms with van der Waals surface area (Å²) < 4.78 is 5.17. The second kappa shape index (κ2) is 7.03. The minimum atomic E-state index is 0.261. The predicted molar refractivity (Wildman–Crippen MR) is 86.3 cm³/mol. The van der Waals surface area contributed by atoms with Crippen LogP contribution in [0.5, 0.6) is 5.75 Å². The molecule has 1 aromatic rings. The Balaban J connectivity index is 1.95. The molecule has 0 aromatic heterocycles. The third-order valence-electron chi connectivity index (χ3n) is 3.72. The van der Waals surface area contributed by atoms with Crippen molar-refractivity contribution >= 4 is 23.2 Å². The van der Waals surface area contributed by atoms with E-state index in [-0.39, 0.29) is 5.91 Å². The highest BCUT2D eigenvalue weighted by Gasteiger charge is 2.22. The zero-order valence-corrected chi connectivity index (χ0v) is 13.7. The SMILES string of the molecule is COc1ccc(N2CCN(C(=O)CC(C)C)CC2)cc1Cl. The number of halogens is 1. The van der Waals surface area contributed by atoms with E-state index in [2.05, 4.69) is 18.7 Å². The molecule has 21 heavy (non-hydrogen) atoms. The number of hydrogen-bond acceptors (Lipinski definition) is 3. The summed E-state index contributed by atoms with van der Waals surface area (Å²) in [6.45, 7) is 7.38. The molecule has 1 fully saturated rings. The maximum absolute atomic E-state index is 12.1. The van der Waals surface area contributed by atoms with Crippen LogP contribution in [0.15, 0.2) is 18.2 Å². The number of anilines is 1. The Morgan fingerprint density at radius 1 is 1.29 bits per heavy atom. The Kier molecular flexibility index (Phi) is 5.34. The summed E-state index contributed by atoms with van der Waals surface area (Å²) in [5.41, 5.74) is 1.08. The number of nitrogens with zero attached hydrogens (tertiary/aromatic N) is 2. The highest BCUT2D eigenvalue weighted by Crippen LogP contribution is 2.29. The van der Waals surface area contributed by atoms with E-state index in [1.165, 1.54) is 0 Å². The lowest BCUT2D eigenvalue weighted by molar-refractivity contribution is -0.132. The van der Waals surface area contributed by atoms with Gasteiger partial charge >= 0.3 is 0 Å². The lowest BCUT2D eigenvalue weighted by Gasteiger charge is -2.36.